The van der Waals surface area contributed by atoms with Crippen molar-refractivity contribution in [1.82, 2.24) is 9.78 Å². The van der Waals surface area contributed by atoms with Crippen LogP contribution in [0.3, 0.4) is 0 Å². The van der Waals surface area contributed by atoms with Crippen LogP contribution in [0.4, 0.5) is 5.82 Å². The monoisotopic (exact) mass is 361 g/mol. The molecule has 27 heavy (non-hydrogen) atoms. The SMILES string of the molecule is Cc1c(C2CC2)nn(-c2ccccc2)c1NC(=O)c1cccc2c1OCO2. The molecule has 2 aromatic carbocycles. The predicted molar refractivity (Wildman–Crippen MR) is 101 cm³/mol. The van der Waals surface area contributed by atoms with Gasteiger partial charge in [0.2, 0.25) is 6.79 Å². The minimum absolute atomic E-state index is 0.131. The minimum Gasteiger partial charge on any atom is -0.454 e. The van der Waals surface area contributed by atoms with Crippen LogP contribution in [-0.4, -0.2) is 22.5 Å². The summed E-state index contributed by atoms with van der Waals surface area (Å²) in [6.07, 6.45) is 2.30. The van der Waals surface area contributed by atoms with Crippen LogP contribution in [0.15, 0.2) is 48.5 Å². The van der Waals surface area contributed by atoms with Crippen molar-refractivity contribution >= 4 is 11.7 Å². The zero-order valence-electron chi connectivity index (χ0n) is 14.9. The van der Waals surface area contributed by atoms with Gasteiger partial charge in [-0.3, -0.25) is 4.79 Å². The molecule has 1 aliphatic heterocycles. The number of nitrogens with zero attached hydrogens (tertiary/aromatic N) is 2. The Hall–Kier alpha value is -3.28. The summed E-state index contributed by atoms with van der Waals surface area (Å²) in [4.78, 5) is 13.0. The predicted octanol–water partition coefficient (Wildman–Crippen LogP) is 4.04. The fourth-order valence-electron chi connectivity index (χ4n) is 3.44. The van der Waals surface area contributed by atoms with Gasteiger partial charge in [0.05, 0.1) is 16.9 Å². The summed E-state index contributed by atoms with van der Waals surface area (Å²) in [5.74, 6) is 2.03. The van der Waals surface area contributed by atoms with Gasteiger partial charge in [-0.05, 0) is 44.0 Å². The maximum absolute atomic E-state index is 13.0. The molecule has 5 rings (SSSR count). The van der Waals surface area contributed by atoms with E-state index < -0.39 is 0 Å². The first-order valence-electron chi connectivity index (χ1n) is 9.07. The van der Waals surface area contributed by atoms with Gasteiger partial charge < -0.3 is 14.8 Å². The van der Waals surface area contributed by atoms with Crippen LogP contribution < -0.4 is 14.8 Å². The number of hydrogen-bond acceptors (Lipinski definition) is 4. The normalized spacial score (nSPS) is 15.0. The molecule has 1 aliphatic carbocycles. The highest BCUT2D eigenvalue weighted by atomic mass is 16.7. The standard InChI is InChI=1S/C21H19N3O3/c1-13-18(14-10-11-14)23-24(15-6-3-2-4-7-15)20(13)22-21(25)16-8-5-9-17-19(16)27-12-26-17/h2-9,14H,10-12H2,1H3,(H,22,25). The summed E-state index contributed by atoms with van der Waals surface area (Å²) >= 11 is 0. The fourth-order valence-corrected chi connectivity index (χ4v) is 3.44. The number of anilines is 1. The largest absolute Gasteiger partial charge is 0.454 e. The Labute approximate surface area is 156 Å². The van der Waals surface area contributed by atoms with E-state index in [4.69, 9.17) is 14.6 Å². The number of aromatic nitrogens is 2. The summed E-state index contributed by atoms with van der Waals surface area (Å²) in [6, 6.07) is 15.2. The molecule has 3 aromatic rings. The van der Waals surface area contributed by atoms with Gasteiger partial charge in [-0.15, -0.1) is 0 Å². The highest BCUT2D eigenvalue weighted by Gasteiger charge is 2.31. The summed E-state index contributed by atoms with van der Waals surface area (Å²) in [5.41, 5.74) is 3.45. The Morgan fingerprint density at radius 1 is 1.11 bits per heavy atom. The number of amides is 1. The van der Waals surface area contributed by atoms with Gasteiger partial charge in [0.15, 0.2) is 11.5 Å². The van der Waals surface area contributed by atoms with Crippen LogP contribution in [-0.2, 0) is 0 Å². The zero-order valence-corrected chi connectivity index (χ0v) is 14.9. The van der Waals surface area contributed by atoms with E-state index in [1.165, 1.54) is 0 Å². The van der Waals surface area contributed by atoms with Crippen LogP contribution >= 0.6 is 0 Å². The molecule has 1 amide bonds. The lowest BCUT2D eigenvalue weighted by Crippen LogP contribution is -2.16. The van der Waals surface area contributed by atoms with E-state index in [2.05, 4.69) is 5.32 Å². The Bertz CT molecular complexity index is 1020. The van der Waals surface area contributed by atoms with Gasteiger partial charge in [-0.25, -0.2) is 4.68 Å². The van der Waals surface area contributed by atoms with Crippen molar-refractivity contribution in [1.29, 1.82) is 0 Å². The van der Waals surface area contributed by atoms with Crippen molar-refractivity contribution in [2.75, 3.05) is 12.1 Å². The number of ether oxygens (including phenoxy) is 2. The number of hydrogen-bond donors (Lipinski definition) is 1. The molecule has 0 radical (unpaired) electrons. The Kier molecular flexibility index (Phi) is 3.63. The summed E-state index contributed by atoms with van der Waals surface area (Å²) in [6.45, 7) is 2.15. The average molecular weight is 361 g/mol. The Balaban J connectivity index is 1.55. The van der Waals surface area contributed by atoms with Crippen molar-refractivity contribution < 1.29 is 14.3 Å². The highest BCUT2D eigenvalue weighted by Crippen LogP contribution is 2.43. The van der Waals surface area contributed by atoms with Crippen molar-refractivity contribution in [2.45, 2.75) is 25.7 Å². The van der Waals surface area contributed by atoms with E-state index in [1.54, 1.807) is 18.2 Å². The van der Waals surface area contributed by atoms with E-state index in [-0.39, 0.29) is 12.7 Å². The number of fused-ring (bicyclic) bond motifs is 1. The van der Waals surface area contributed by atoms with Gasteiger partial charge in [0.1, 0.15) is 5.82 Å². The molecule has 6 heteroatoms. The third kappa shape index (κ3) is 2.73. The van der Waals surface area contributed by atoms with E-state index in [1.807, 2.05) is 41.9 Å². The van der Waals surface area contributed by atoms with Crippen LogP contribution in [0.2, 0.25) is 0 Å². The topological polar surface area (TPSA) is 65.4 Å². The number of para-hydroxylation sites is 2. The lowest BCUT2D eigenvalue weighted by atomic mass is 10.1. The molecule has 0 atom stereocenters. The molecule has 2 aliphatic rings. The molecule has 1 aromatic heterocycles. The lowest BCUT2D eigenvalue weighted by Gasteiger charge is -2.11. The summed E-state index contributed by atoms with van der Waals surface area (Å²) in [5, 5.41) is 7.86. The van der Waals surface area contributed by atoms with Gasteiger partial charge >= 0.3 is 0 Å². The van der Waals surface area contributed by atoms with Crippen LogP contribution in [0.5, 0.6) is 11.5 Å². The number of carbonyl (C=O) groups excluding carboxylic acids is 1. The highest BCUT2D eigenvalue weighted by molar-refractivity contribution is 6.07. The third-order valence-electron chi connectivity index (χ3n) is 5.00. The second kappa shape index (κ2) is 6.16. The van der Waals surface area contributed by atoms with Crippen LogP contribution in [0, 0.1) is 6.92 Å². The quantitative estimate of drug-likeness (QED) is 0.762. The van der Waals surface area contributed by atoms with E-state index >= 15 is 0 Å². The summed E-state index contributed by atoms with van der Waals surface area (Å²) in [7, 11) is 0. The molecule has 1 saturated carbocycles. The van der Waals surface area contributed by atoms with E-state index in [0.29, 0.717) is 28.8 Å². The minimum atomic E-state index is -0.236. The lowest BCUT2D eigenvalue weighted by molar-refractivity contribution is 0.102. The first kappa shape index (κ1) is 15.9. The number of carbonyl (C=O) groups is 1. The molecular weight excluding hydrogens is 342 g/mol. The number of rotatable bonds is 4. The molecule has 1 N–H and O–H groups in total. The molecule has 136 valence electrons. The van der Waals surface area contributed by atoms with Crippen molar-refractivity contribution in [2.24, 2.45) is 0 Å². The first-order chi connectivity index (χ1) is 13.2. The van der Waals surface area contributed by atoms with Gasteiger partial charge in [0, 0.05) is 11.5 Å². The van der Waals surface area contributed by atoms with Crippen molar-refractivity contribution in [3.8, 4) is 17.2 Å². The number of benzene rings is 2. The summed E-state index contributed by atoms with van der Waals surface area (Å²) < 4.78 is 12.7. The Morgan fingerprint density at radius 3 is 2.70 bits per heavy atom. The van der Waals surface area contributed by atoms with Crippen LogP contribution in [0.25, 0.3) is 5.69 Å². The molecule has 2 heterocycles. The maximum Gasteiger partial charge on any atom is 0.260 e. The average Bonchev–Trinajstić information content (AvgIpc) is 3.33. The molecule has 0 spiro atoms. The Morgan fingerprint density at radius 2 is 1.93 bits per heavy atom. The van der Waals surface area contributed by atoms with Crippen molar-refractivity contribution in [3.05, 3.63) is 65.4 Å². The maximum atomic E-state index is 13.0. The van der Waals surface area contributed by atoms with Gasteiger partial charge in [0.25, 0.3) is 5.91 Å². The van der Waals surface area contributed by atoms with Crippen molar-refractivity contribution in [3.63, 3.8) is 0 Å². The molecule has 0 saturated heterocycles. The van der Waals surface area contributed by atoms with E-state index in [9.17, 15) is 4.79 Å². The van der Waals surface area contributed by atoms with Gasteiger partial charge in [-0.2, -0.15) is 5.10 Å². The molecule has 1 fully saturated rings. The zero-order chi connectivity index (χ0) is 18.4. The fraction of sp³-hybridized carbons (Fsp3) is 0.238. The smallest absolute Gasteiger partial charge is 0.260 e. The molecular formula is C21H19N3O3. The first-order valence-corrected chi connectivity index (χ1v) is 9.07. The van der Waals surface area contributed by atoms with Crippen LogP contribution in [0.1, 0.15) is 40.4 Å². The van der Waals surface area contributed by atoms with Gasteiger partial charge in [-0.1, -0.05) is 24.3 Å². The molecule has 6 nitrogen and oxygen atoms in total. The molecule has 0 bridgehead atoms. The second-order valence-electron chi connectivity index (χ2n) is 6.87. The molecule has 0 unspecified atom stereocenters. The number of nitrogens with one attached hydrogen (secondary N) is 1. The third-order valence-corrected chi connectivity index (χ3v) is 5.00. The second-order valence-corrected chi connectivity index (χ2v) is 6.87. The van der Waals surface area contributed by atoms with E-state index in [0.717, 1.165) is 29.8 Å².